The van der Waals surface area contributed by atoms with Crippen molar-refractivity contribution >= 4 is 5.97 Å². The first-order chi connectivity index (χ1) is 8.19. The Morgan fingerprint density at radius 1 is 1.41 bits per heavy atom. The first-order valence-electron chi connectivity index (χ1n) is 6.76. The average molecular weight is 242 g/mol. The molecule has 0 radical (unpaired) electrons. The van der Waals surface area contributed by atoms with E-state index in [1.54, 1.807) is 0 Å². The average Bonchev–Trinajstić information content (AvgIpc) is 2.31. The molecule has 0 aromatic carbocycles. The molecule has 0 aliphatic carbocycles. The quantitative estimate of drug-likeness (QED) is 0.712. The smallest absolute Gasteiger partial charge is 0.323 e. The molecule has 0 bridgehead atoms. The van der Waals surface area contributed by atoms with Crippen molar-refractivity contribution in [2.24, 2.45) is 5.92 Å². The number of nitrogens with one attached hydrogen (secondary N) is 1. The van der Waals surface area contributed by atoms with E-state index < -0.39 is 0 Å². The number of rotatable bonds is 6. The van der Waals surface area contributed by atoms with Gasteiger partial charge in [-0.05, 0) is 52.2 Å². The highest BCUT2D eigenvalue weighted by atomic mass is 16.5. The SMILES string of the molecule is CCOC(=O)C(CC)N(C)CC1CCNCC1. The van der Waals surface area contributed by atoms with E-state index in [0.29, 0.717) is 12.5 Å². The number of piperidine rings is 1. The fourth-order valence-electron chi connectivity index (χ4n) is 2.50. The van der Waals surface area contributed by atoms with Crippen LogP contribution in [-0.2, 0) is 9.53 Å². The number of ether oxygens (including phenoxy) is 1. The maximum atomic E-state index is 11.8. The molecule has 1 aliphatic heterocycles. The van der Waals surface area contributed by atoms with Gasteiger partial charge in [-0.25, -0.2) is 0 Å². The highest BCUT2D eigenvalue weighted by Gasteiger charge is 2.25. The summed E-state index contributed by atoms with van der Waals surface area (Å²) in [6.45, 7) is 7.58. The zero-order chi connectivity index (χ0) is 12.7. The van der Waals surface area contributed by atoms with Crippen LogP contribution < -0.4 is 5.32 Å². The van der Waals surface area contributed by atoms with Crippen LogP contribution in [0, 0.1) is 5.92 Å². The van der Waals surface area contributed by atoms with Crippen LogP contribution in [0.3, 0.4) is 0 Å². The lowest BCUT2D eigenvalue weighted by Gasteiger charge is -2.31. The lowest BCUT2D eigenvalue weighted by molar-refractivity contribution is -0.149. The summed E-state index contributed by atoms with van der Waals surface area (Å²) in [4.78, 5) is 13.9. The summed E-state index contributed by atoms with van der Waals surface area (Å²) in [7, 11) is 2.03. The van der Waals surface area contributed by atoms with E-state index in [9.17, 15) is 4.79 Å². The van der Waals surface area contributed by atoms with Crippen LogP contribution in [0.5, 0.6) is 0 Å². The number of nitrogens with zero attached hydrogens (tertiary/aromatic N) is 1. The highest BCUT2D eigenvalue weighted by Crippen LogP contribution is 2.15. The van der Waals surface area contributed by atoms with E-state index in [1.807, 2.05) is 20.9 Å². The zero-order valence-electron chi connectivity index (χ0n) is 11.4. The number of likely N-dealkylation sites (N-methyl/N-ethyl adjacent to an activating group) is 1. The van der Waals surface area contributed by atoms with Crippen molar-refractivity contribution < 1.29 is 9.53 Å². The Bertz CT molecular complexity index is 227. The van der Waals surface area contributed by atoms with Crippen molar-refractivity contribution in [3.8, 4) is 0 Å². The van der Waals surface area contributed by atoms with Crippen LogP contribution in [0.1, 0.15) is 33.1 Å². The molecular formula is C13H26N2O2. The van der Waals surface area contributed by atoms with Crippen LogP contribution in [0.2, 0.25) is 0 Å². The van der Waals surface area contributed by atoms with Gasteiger partial charge < -0.3 is 10.1 Å². The molecule has 1 N–H and O–H groups in total. The van der Waals surface area contributed by atoms with Gasteiger partial charge in [-0.2, -0.15) is 0 Å². The fraction of sp³-hybridized carbons (Fsp3) is 0.923. The van der Waals surface area contributed by atoms with Gasteiger partial charge in [-0.15, -0.1) is 0 Å². The van der Waals surface area contributed by atoms with Crippen molar-refractivity contribution in [2.45, 2.75) is 39.2 Å². The number of carbonyl (C=O) groups excluding carboxylic acids is 1. The maximum Gasteiger partial charge on any atom is 0.323 e. The van der Waals surface area contributed by atoms with E-state index in [0.717, 1.165) is 26.1 Å². The third kappa shape index (κ3) is 4.64. The molecule has 17 heavy (non-hydrogen) atoms. The molecule has 0 aromatic heterocycles. The summed E-state index contributed by atoms with van der Waals surface area (Å²) >= 11 is 0. The molecule has 0 amide bonds. The first-order valence-corrected chi connectivity index (χ1v) is 6.76. The largest absolute Gasteiger partial charge is 0.465 e. The Labute approximate surface area is 105 Å². The Balaban J connectivity index is 2.41. The zero-order valence-corrected chi connectivity index (χ0v) is 11.4. The predicted molar refractivity (Wildman–Crippen MR) is 68.9 cm³/mol. The van der Waals surface area contributed by atoms with Crippen molar-refractivity contribution in [1.82, 2.24) is 10.2 Å². The van der Waals surface area contributed by atoms with E-state index in [4.69, 9.17) is 4.74 Å². The van der Waals surface area contributed by atoms with Crippen molar-refractivity contribution in [2.75, 3.05) is 33.3 Å². The second kappa shape index (κ2) is 7.67. The fourth-order valence-corrected chi connectivity index (χ4v) is 2.50. The van der Waals surface area contributed by atoms with E-state index in [1.165, 1.54) is 12.8 Å². The molecule has 4 nitrogen and oxygen atoms in total. The van der Waals surface area contributed by atoms with Gasteiger partial charge in [0, 0.05) is 6.54 Å². The molecule has 100 valence electrons. The normalized spacial score (nSPS) is 19.3. The first kappa shape index (κ1) is 14.5. The summed E-state index contributed by atoms with van der Waals surface area (Å²) in [5.74, 6) is 0.635. The summed E-state index contributed by atoms with van der Waals surface area (Å²) < 4.78 is 5.11. The van der Waals surface area contributed by atoms with Crippen LogP contribution in [0.25, 0.3) is 0 Å². The monoisotopic (exact) mass is 242 g/mol. The van der Waals surface area contributed by atoms with Gasteiger partial charge in [0.05, 0.1) is 6.61 Å². The number of esters is 1. The molecular weight excluding hydrogens is 216 g/mol. The minimum atomic E-state index is -0.0789. The Morgan fingerprint density at radius 2 is 2.06 bits per heavy atom. The van der Waals surface area contributed by atoms with Gasteiger partial charge in [0.1, 0.15) is 6.04 Å². The second-order valence-electron chi connectivity index (χ2n) is 4.81. The third-order valence-electron chi connectivity index (χ3n) is 3.48. The molecule has 1 fully saturated rings. The number of hydrogen-bond donors (Lipinski definition) is 1. The Morgan fingerprint density at radius 3 is 2.59 bits per heavy atom. The Hall–Kier alpha value is -0.610. The molecule has 1 saturated heterocycles. The molecule has 1 atom stereocenters. The minimum absolute atomic E-state index is 0.0774. The topological polar surface area (TPSA) is 41.6 Å². The molecule has 4 heteroatoms. The lowest BCUT2D eigenvalue weighted by atomic mass is 9.97. The molecule has 0 spiro atoms. The van der Waals surface area contributed by atoms with Gasteiger partial charge in [0.2, 0.25) is 0 Å². The van der Waals surface area contributed by atoms with Gasteiger partial charge in [-0.3, -0.25) is 9.69 Å². The van der Waals surface area contributed by atoms with Gasteiger partial charge >= 0.3 is 5.97 Å². The van der Waals surface area contributed by atoms with Crippen molar-refractivity contribution in [1.29, 1.82) is 0 Å². The maximum absolute atomic E-state index is 11.8. The summed E-state index contributed by atoms with van der Waals surface area (Å²) in [5, 5.41) is 3.36. The molecule has 1 heterocycles. The number of carbonyl (C=O) groups is 1. The van der Waals surface area contributed by atoms with E-state index >= 15 is 0 Å². The van der Waals surface area contributed by atoms with Gasteiger partial charge in [0.15, 0.2) is 0 Å². The standard InChI is InChI=1S/C13H26N2O2/c1-4-12(13(16)17-5-2)15(3)10-11-6-8-14-9-7-11/h11-12,14H,4-10H2,1-3H3. The lowest BCUT2D eigenvalue weighted by Crippen LogP contribution is -2.43. The molecule has 1 unspecified atom stereocenters. The minimum Gasteiger partial charge on any atom is -0.465 e. The van der Waals surface area contributed by atoms with E-state index in [2.05, 4.69) is 10.2 Å². The molecule has 1 aliphatic rings. The predicted octanol–water partition coefficient (Wildman–Crippen LogP) is 1.26. The van der Waals surface area contributed by atoms with Crippen LogP contribution in [0.4, 0.5) is 0 Å². The van der Waals surface area contributed by atoms with Crippen molar-refractivity contribution in [3.05, 3.63) is 0 Å². The van der Waals surface area contributed by atoms with Crippen LogP contribution in [-0.4, -0.2) is 50.2 Å². The second-order valence-corrected chi connectivity index (χ2v) is 4.81. The van der Waals surface area contributed by atoms with E-state index in [-0.39, 0.29) is 12.0 Å². The summed E-state index contributed by atoms with van der Waals surface area (Å²) in [6.07, 6.45) is 3.24. The van der Waals surface area contributed by atoms with Crippen LogP contribution in [0.15, 0.2) is 0 Å². The molecule has 0 aromatic rings. The van der Waals surface area contributed by atoms with Gasteiger partial charge in [0.25, 0.3) is 0 Å². The van der Waals surface area contributed by atoms with Crippen molar-refractivity contribution in [3.63, 3.8) is 0 Å². The molecule has 1 rings (SSSR count). The Kier molecular flexibility index (Phi) is 6.52. The van der Waals surface area contributed by atoms with Crippen LogP contribution >= 0.6 is 0 Å². The molecule has 0 saturated carbocycles. The summed E-state index contributed by atoms with van der Waals surface area (Å²) in [6, 6.07) is -0.0789. The third-order valence-corrected chi connectivity index (χ3v) is 3.48. The van der Waals surface area contributed by atoms with Gasteiger partial charge in [-0.1, -0.05) is 6.92 Å². The number of hydrogen-bond acceptors (Lipinski definition) is 4. The highest BCUT2D eigenvalue weighted by molar-refractivity contribution is 5.75. The summed E-state index contributed by atoms with van der Waals surface area (Å²) in [5.41, 5.74) is 0.